The number of nitrogens with one attached hydrogen (secondary N) is 1. The second kappa shape index (κ2) is 7.65. The summed E-state index contributed by atoms with van der Waals surface area (Å²) in [6, 6.07) is 4.14. The van der Waals surface area contributed by atoms with Gasteiger partial charge in [-0.1, -0.05) is 0 Å². The van der Waals surface area contributed by atoms with Crippen molar-refractivity contribution in [3.05, 3.63) is 24.0 Å². The van der Waals surface area contributed by atoms with E-state index in [0.29, 0.717) is 22.9 Å². The SMILES string of the molecule is COCCSc1ccc(N2C(=O)O[C@H](NC(C)=O)C2C)cc1F. The zero-order valence-corrected chi connectivity index (χ0v) is 14.0. The number of halogens is 1. The van der Waals surface area contributed by atoms with Crippen LogP contribution >= 0.6 is 11.8 Å². The van der Waals surface area contributed by atoms with E-state index in [0.717, 1.165) is 0 Å². The van der Waals surface area contributed by atoms with Crippen LogP contribution < -0.4 is 10.2 Å². The standard InChI is InChI=1S/C15H19FN2O4S/c1-9-14(17-10(2)19)22-15(20)18(9)11-4-5-13(12(16)8-11)23-7-6-21-3/h4-5,8-9,14H,6-7H2,1-3H3,(H,17,19)/t9?,14-/m0/s1. The first-order valence-electron chi connectivity index (χ1n) is 7.12. The molecule has 1 N–H and O–H groups in total. The molecule has 126 valence electrons. The molecule has 1 aliphatic rings. The molecule has 1 saturated heterocycles. The van der Waals surface area contributed by atoms with Crippen molar-refractivity contribution in [2.75, 3.05) is 24.4 Å². The molecule has 0 radical (unpaired) electrons. The van der Waals surface area contributed by atoms with Gasteiger partial charge >= 0.3 is 6.09 Å². The number of nitrogens with zero attached hydrogens (tertiary/aromatic N) is 1. The summed E-state index contributed by atoms with van der Waals surface area (Å²) in [4.78, 5) is 24.9. The van der Waals surface area contributed by atoms with E-state index < -0.39 is 24.2 Å². The van der Waals surface area contributed by atoms with Crippen LogP contribution in [0.2, 0.25) is 0 Å². The van der Waals surface area contributed by atoms with Gasteiger partial charge in [0.15, 0.2) is 6.23 Å². The second-order valence-corrected chi connectivity index (χ2v) is 6.21. The summed E-state index contributed by atoms with van der Waals surface area (Å²) in [5, 5.41) is 2.55. The minimum atomic E-state index is -0.751. The number of ether oxygens (including phenoxy) is 2. The topological polar surface area (TPSA) is 67.9 Å². The van der Waals surface area contributed by atoms with Crippen LogP contribution in [0.25, 0.3) is 0 Å². The van der Waals surface area contributed by atoms with E-state index in [1.165, 1.54) is 29.7 Å². The highest BCUT2D eigenvalue weighted by Crippen LogP contribution is 2.30. The first-order chi connectivity index (χ1) is 10.9. The van der Waals surface area contributed by atoms with Crippen LogP contribution in [0.3, 0.4) is 0 Å². The maximum Gasteiger partial charge on any atom is 0.416 e. The number of anilines is 1. The van der Waals surface area contributed by atoms with Gasteiger partial charge in [0, 0.05) is 24.7 Å². The van der Waals surface area contributed by atoms with Gasteiger partial charge in [-0.2, -0.15) is 0 Å². The zero-order valence-electron chi connectivity index (χ0n) is 13.2. The van der Waals surface area contributed by atoms with Crippen molar-refractivity contribution in [2.45, 2.75) is 31.0 Å². The predicted molar refractivity (Wildman–Crippen MR) is 85.0 cm³/mol. The molecule has 0 spiro atoms. The molecule has 23 heavy (non-hydrogen) atoms. The van der Waals surface area contributed by atoms with Gasteiger partial charge in [-0.05, 0) is 25.1 Å². The number of amides is 2. The van der Waals surface area contributed by atoms with E-state index in [9.17, 15) is 14.0 Å². The quantitative estimate of drug-likeness (QED) is 0.635. The molecule has 1 heterocycles. The number of thioether (sulfide) groups is 1. The lowest BCUT2D eigenvalue weighted by Crippen LogP contribution is -2.43. The zero-order chi connectivity index (χ0) is 17.0. The molecular formula is C15H19FN2O4S. The summed E-state index contributed by atoms with van der Waals surface area (Å²) in [6.45, 7) is 3.60. The summed E-state index contributed by atoms with van der Waals surface area (Å²) in [6.07, 6.45) is -1.37. The molecule has 1 fully saturated rings. The van der Waals surface area contributed by atoms with Crippen molar-refractivity contribution in [1.29, 1.82) is 0 Å². The number of hydrogen-bond donors (Lipinski definition) is 1. The van der Waals surface area contributed by atoms with Gasteiger partial charge in [-0.3, -0.25) is 9.69 Å². The number of carbonyl (C=O) groups is 2. The van der Waals surface area contributed by atoms with Gasteiger partial charge in [-0.15, -0.1) is 11.8 Å². The van der Waals surface area contributed by atoms with Gasteiger partial charge in [0.25, 0.3) is 0 Å². The molecule has 0 bridgehead atoms. The van der Waals surface area contributed by atoms with E-state index >= 15 is 0 Å². The molecule has 8 heteroatoms. The first-order valence-corrected chi connectivity index (χ1v) is 8.11. The lowest BCUT2D eigenvalue weighted by Gasteiger charge is -2.21. The summed E-state index contributed by atoms with van der Waals surface area (Å²) < 4.78 is 24.2. The summed E-state index contributed by atoms with van der Waals surface area (Å²) in [5.74, 6) is -0.0707. The van der Waals surface area contributed by atoms with Gasteiger partial charge in [0.1, 0.15) is 5.82 Å². The number of cyclic esters (lactones) is 1. The van der Waals surface area contributed by atoms with Crippen molar-refractivity contribution in [3.8, 4) is 0 Å². The first kappa shape index (κ1) is 17.6. The lowest BCUT2D eigenvalue weighted by atomic mass is 10.2. The Morgan fingerprint density at radius 3 is 2.87 bits per heavy atom. The summed E-state index contributed by atoms with van der Waals surface area (Å²) in [7, 11) is 1.59. The molecule has 1 aromatic carbocycles. The third-order valence-corrected chi connectivity index (χ3v) is 4.37. The molecule has 0 aromatic heterocycles. The van der Waals surface area contributed by atoms with Crippen molar-refractivity contribution in [3.63, 3.8) is 0 Å². The van der Waals surface area contributed by atoms with Gasteiger partial charge in [0.05, 0.1) is 18.3 Å². The predicted octanol–water partition coefficient (Wildman–Crippen LogP) is 2.37. The largest absolute Gasteiger partial charge is 0.423 e. The van der Waals surface area contributed by atoms with Crippen LogP contribution in [-0.4, -0.2) is 43.7 Å². The van der Waals surface area contributed by atoms with Gasteiger partial charge in [-0.25, -0.2) is 9.18 Å². The number of methoxy groups -OCH3 is 1. The van der Waals surface area contributed by atoms with Crippen LogP contribution in [0.15, 0.2) is 23.1 Å². The van der Waals surface area contributed by atoms with Crippen molar-refractivity contribution >= 4 is 29.4 Å². The van der Waals surface area contributed by atoms with E-state index in [4.69, 9.17) is 9.47 Å². The number of benzene rings is 1. The van der Waals surface area contributed by atoms with Crippen molar-refractivity contribution in [2.24, 2.45) is 0 Å². The maximum absolute atomic E-state index is 14.2. The number of hydrogen-bond acceptors (Lipinski definition) is 5. The lowest BCUT2D eigenvalue weighted by molar-refractivity contribution is -0.121. The van der Waals surface area contributed by atoms with E-state index in [1.54, 1.807) is 26.2 Å². The fraction of sp³-hybridized carbons (Fsp3) is 0.467. The number of rotatable bonds is 6. The molecule has 2 rings (SSSR count). The molecule has 2 atom stereocenters. The number of carbonyl (C=O) groups excluding carboxylic acids is 2. The highest BCUT2D eigenvalue weighted by molar-refractivity contribution is 7.99. The highest BCUT2D eigenvalue weighted by atomic mass is 32.2. The average Bonchev–Trinajstić information content (AvgIpc) is 2.75. The molecule has 6 nitrogen and oxygen atoms in total. The Balaban J connectivity index is 2.13. The summed E-state index contributed by atoms with van der Waals surface area (Å²) >= 11 is 1.34. The Bertz CT molecular complexity index is 599. The smallest absolute Gasteiger partial charge is 0.416 e. The minimum Gasteiger partial charge on any atom is -0.423 e. The van der Waals surface area contributed by atoms with Crippen molar-refractivity contribution < 1.29 is 23.5 Å². The molecule has 0 aliphatic carbocycles. The normalized spacial score (nSPS) is 20.5. The monoisotopic (exact) mass is 342 g/mol. The molecule has 1 aromatic rings. The minimum absolute atomic E-state index is 0.299. The highest BCUT2D eigenvalue weighted by Gasteiger charge is 2.40. The van der Waals surface area contributed by atoms with Crippen LogP contribution in [0.5, 0.6) is 0 Å². The molecule has 1 aliphatic heterocycles. The van der Waals surface area contributed by atoms with Crippen LogP contribution in [0.4, 0.5) is 14.9 Å². The average molecular weight is 342 g/mol. The Labute approximate surface area is 138 Å². The molecular weight excluding hydrogens is 323 g/mol. The Hall–Kier alpha value is -1.80. The van der Waals surface area contributed by atoms with E-state index in [2.05, 4.69) is 5.32 Å². The van der Waals surface area contributed by atoms with E-state index in [1.807, 2.05) is 0 Å². The third kappa shape index (κ3) is 4.14. The Morgan fingerprint density at radius 2 is 2.26 bits per heavy atom. The van der Waals surface area contributed by atoms with Gasteiger partial charge < -0.3 is 14.8 Å². The fourth-order valence-corrected chi connectivity index (χ4v) is 3.08. The van der Waals surface area contributed by atoms with Crippen LogP contribution in [-0.2, 0) is 14.3 Å². The maximum atomic E-state index is 14.2. The van der Waals surface area contributed by atoms with Crippen LogP contribution in [0, 0.1) is 5.82 Å². The third-order valence-electron chi connectivity index (χ3n) is 3.35. The van der Waals surface area contributed by atoms with E-state index in [-0.39, 0.29) is 5.91 Å². The molecule has 1 unspecified atom stereocenters. The Morgan fingerprint density at radius 1 is 1.52 bits per heavy atom. The fourth-order valence-electron chi connectivity index (χ4n) is 2.25. The summed E-state index contributed by atoms with van der Waals surface area (Å²) in [5.41, 5.74) is 0.393. The Kier molecular flexibility index (Phi) is 5.84. The second-order valence-electron chi connectivity index (χ2n) is 5.07. The van der Waals surface area contributed by atoms with Crippen molar-refractivity contribution in [1.82, 2.24) is 5.32 Å². The molecule has 0 saturated carbocycles. The molecule has 2 amide bonds. The van der Waals surface area contributed by atoms with Gasteiger partial charge in [0.2, 0.25) is 5.91 Å². The van der Waals surface area contributed by atoms with Crippen LogP contribution in [0.1, 0.15) is 13.8 Å².